The van der Waals surface area contributed by atoms with Crippen molar-refractivity contribution in [1.82, 2.24) is 10.6 Å². The molecule has 110 valence electrons. The molecular formula is C16H24N2OS. The van der Waals surface area contributed by atoms with E-state index in [0.717, 1.165) is 31.0 Å². The molecule has 1 aromatic rings. The zero-order valence-corrected chi connectivity index (χ0v) is 12.9. The average molecular weight is 292 g/mol. The Morgan fingerprint density at radius 2 is 2.25 bits per heavy atom. The van der Waals surface area contributed by atoms with Crippen molar-refractivity contribution >= 4 is 17.7 Å². The summed E-state index contributed by atoms with van der Waals surface area (Å²) in [4.78, 5) is 13.4. The molecule has 1 aliphatic heterocycles. The van der Waals surface area contributed by atoms with Gasteiger partial charge < -0.3 is 10.6 Å². The van der Waals surface area contributed by atoms with E-state index in [-0.39, 0.29) is 11.2 Å². The summed E-state index contributed by atoms with van der Waals surface area (Å²) >= 11 is 1.66. The molecule has 0 radical (unpaired) electrons. The second kappa shape index (κ2) is 8.32. The normalized spacial score (nSPS) is 20.4. The van der Waals surface area contributed by atoms with Crippen LogP contribution in [0.1, 0.15) is 26.2 Å². The predicted molar refractivity (Wildman–Crippen MR) is 85.0 cm³/mol. The second-order valence-corrected chi connectivity index (χ2v) is 6.56. The van der Waals surface area contributed by atoms with Crippen LogP contribution in [-0.4, -0.2) is 30.8 Å². The van der Waals surface area contributed by atoms with Crippen LogP contribution in [0.2, 0.25) is 0 Å². The monoisotopic (exact) mass is 292 g/mol. The molecule has 1 aromatic carbocycles. The van der Waals surface area contributed by atoms with Gasteiger partial charge in [-0.15, -0.1) is 11.8 Å². The van der Waals surface area contributed by atoms with Crippen LogP contribution in [0.25, 0.3) is 0 Å². The largest absolute Gasteiger partial charge is 0.355 e. The van der Waals surface area contributed by atoms with Crippen molar-refractivity contribution in [2.75, 3.05) is 19.6 Å². The fourth-order valence-corrected chi connectivity index (χ4v) is 3.44. The van der Waals surface area contributed by atoms with Crippen LogP contribution in [0.15, 0.2) is 35.2 Å². The number of piperidine rings is 1. The minimum Gasteiger partial charge on any atom is -0.355 e. The first-order valence-electron chi connectivity index (χ1n) is 7.49. The average Bonchev–Trinajstić information content (AvgIpc) is 2.52. The highest BCUT2D eigenvalue weighted by atomic mass is 32.2. The van der Waals surface area contributed by atoms with Crippen LogP contribution in [0.4, 0.5) is 0 Å². The highest BCUT2D eigenvalue weighted by molar-refractivity contribution is 8.00. The quantitative estimate of drug-likeness (QED) is 0.792. The molecule has 0 aromatic heterocycles. The molecule has 2 unspecified atom stereocenters. The summed E-state index contributed by atoms with van der Waals surface area (Å²) < 4.78 is 0. The van der Waals surface area contributed by atoms with E-state index in [4.69, 9.17) is 0 Å². The maximum atomic E-state index is 12.3. The molecule has 2 N–H and O–H groups in total. The highest BCUT2D eigenvalue weighted by Gasteiger charge is 2.19. The van der Waals surface area contributed by atoms with Crippen LogP contribution < -0.4 is 10.6 Å². The van der Waals surface area contributed by atoms with E-state index in [0.29, 0.717) is 5.92 Å². The van der Waals surface area contributed by atoms with E-state index in [1.54, 1.807) is 11.8 Å². The fraction of sp³-hybridized carbons (Fsp3) is 0.562. The van der Waals surface area contributed by atoms with Gasteiger partial charge >= 0.3 is 0 Å². The van der Waals surface area contributed by atoms with Gasteiger partial charge in [0.05, 0.1) is 5.25 Å². The van der Waals surface area contributed by atoms with Gasteiger partial charge in [0.15, 0.2) is 0 Å². The lowest BCUT2D eigenvalue weighted by molar-refractivity contribution is -0.120. The van der Waals surface area contributed by atoms with Gasteiger partial charge in [-0.25, -0.2) is 0 Å². The third kappa shape index (κ3) is 4.84. The molecule has 20 heavy (non-hydrogen) atoms. The van der Waals surface area contributed by atoms with E-state index in [1.165, 1.54) is 12.8 Å². The van der Waals surface area contributed by atoms with Gasteiger partial charge in [-0.1, -0.05) is 25.1 Å². The van der Waals surface area contributed by atoms with Crippen molar-refractivity contribution in [3.05, 3.63) is 30.3 Å². The van der Waals surface area contributed by atoms with E-state index >= 15 is 0 Å². The Kier molecular flexibility index (Phi) is 6.40. The molecule has 2 rings (SSSR count). The smallest absolute Gasteiger partial charge is 0.233 e. The summed E-state index contributed by atoms with van der Waals surface area (Å²) in [6, 6.07) is 10.2. The molecule has 0 spiro atoms. The Morgan fingerprint density at radius 3 is 2.90 bits per heavy atom. The number of amides is 1. The molecule has 1 amide bonds. The highest BCUT2D eigenvalue weighted by Crippen LogP contribution is 2.25. The topological polar surface area (TPSA) is 41.1 Å². The number of carbonyl (C=O) groups is 1. The summed E-state index contributed by atoms with van der Waals surface area (Å²) in [7, 11) is 0. The molecule has 1 aliphatic rings. The van der Waals surface area contributed by atoms with Crippen molar-refractivity contribution in [3.63, 3.8) is 0 Å². The first kappa shape index (κ1) is 15.4. The van der Waals surface area contributed by atoms with Crippen molar-refractivity contribution in [1.29, 1.82) is 0 Å². The van der Waals surface area contributed by atoms with Crippen LogP contribution >= 0.6 is 11.8 Å². The van der Waals surface area contributed by atoms with Crippen LogP contribution in [0.5, 0.6) is 0 Å². The fourth-order valence-electron chi connectivity index (χ4n) is 2.44. The van der Waals surface area contributed by atoms with Crippen molar-refractivity contribution in [2.45, 2.75) is 36.3 Å². The molecular weight excluding hydrogens is 268 g/mol. The first-order chi connectivity index (χ1) is 9.79. The Balaban J connectivity index is 1.79. The third-order valence-electron chi connectivity index (χ3n) is 3.65. The van der Waals surface area contributed by atoms with Gasteiger partial charge in [-0.2, -0.15) is 0 Å². The summed E-state index contributed by atoms with van der Waals surface area (Å²) in [6.07, 6.45) is 3.29. The summed E-state index contributed by atoms with van der Waals surface area (Å²) in [6.45, 7) is 5.02. The lowest BCUT2D eigenvalue weighted by atomic mass is 10.00. The minimum absolute atomic E-state index is 0.00829. The number of benzene rings is 1. The van der Waals surface area contributed by atoms with Crippen molar-refractivity contribution in [3.8, 4) is 0 Å². The van der Waals surface area contributed by atoms with Gasteiger partial charge in [0.1, 0.15) is 0 Å². The van der Waals surface area contributed by atoms with Crippen LogP contribution in [0.3, 0.4) is 0 Å². The van der Waals surface area contributed by atoms with Crippen LogP contribution in [0, 0.1) is 5.92 Å². The Hall–Kier alpha value is -1.00. The number of rotatable bonds is 6. The Morgan fingerprint density at radius 1 is 1.45 bits per heavy atom. The van der Waals surface area contributed by atoms with E-state index in [9.17, 15) is 4.79 Å². The molecule has 1 fully saturated rings. The predicted octanol–water partition coefficient (Wildman–Crippen LogP) is 2.67. The van der Waals surface area contributed by atoms with Gasteiger partial charge in [-0.3, -0.25) is 4.79 Å². The molecule has 0 bridgehead atoms. The Bertz CT molecular complexity index is 404. The number of thioether (sulfide) groups is 1. The summed E-state index contributed by atoms with van der Waals surface area (Å²) in [5, 5.41) is 6.52. The Labute approximate surface area is 125 Å². The molecule has 0 aliphatic carbocycles. The lowest BCUT2D eigenvalue weighted by Gasteiger charge is -2.24. The van der Waals surface area contributed by atoms with Crippen molar-refractivity contribution in [2.24, 2.45) is 5.92 Å². The lowest BCUT2D eigenvalue weighted by Crippen LogP contribution is -2.40. The van der Waals surface area contributed by atoms with Crippen molar-refractivity contribution < 1.29 is 4.79 Å². The molecule has 1 saturated heterocycles. The molecule has 1 heterocycles. The van der Waals surface area contributed by atoms with Gasteiger partial charge in [0.25, 0.3) is 0 Å². The number of nitrogens with one attached hydrogen (secondary N) is 2. The van der Waals surface area contributed by atoms with E-state index < -0.39 is 0 Å². The maximum absolute atomic E-state index is 12.3. The third-order valence-corrected chi connectivity index (χ3v) is 5.02. The van der Waals surface area contributed by atoms with Gasteiger partial charge in [0, 0.05) is 11.4 Å². The first-order valence-corrected chi connectivity index (χ1v) is 8.37. The van der Waals surface area contributed by atoms with Gasteiger partial charge in [-0.05, 0) is 50.4 Å². The van der Waals surface area contributed by atoms with Crippen LogP contribution in [-0.2, 0) is 4.79 Å². The van der Waals surface area contributed by atoms with E-state index in [1.807, 2.05) is 18.2 Å². The van der Waals surface area contributed by atoms with Gasteiger partial charge in [0.2, 0.25) is 5.91 Å². The zero-order chi connectivity index (χ0) is 14.2. The second-order valence-electron chi connectivity index (χ2n) is 5.29. The summed E-state index contributed by atoms with van der Waals surface area (Å²) in [5.41, 5.74) is 0. The molecule has 3 nitrogen and oxygen atoms in total. The maximum Gasteiger partial charge on any atom is 0.233 e. The van der Waals surface area contributed by atoms with E-state index in [2.05, 4.69) is 29.7 Å². The number of hydrogen-bond acceptors (Lipinski definition) is 3. The minimum atomic E-state index is 0.00829. The SMILES string of the molecule is CCC(Sc1ccccc1)C(=O)NCC1CCCNC1. The number of hydrogen-bond donors (Lipinski definition) is 2. The molecule has 4 heteroatoms. The zero-order valence-electron chi connectivity index (χ0n) is 12.1. The molecule has 2 atom stereocenters. The standard InChI is InChI=1S/C16H24N2OS/c1-2-15(20-14-8-4-3-5-9-14)16(19)18-12-13-7-6-10-17-11-13/h3-5,8-9,13,15,17H,2,6-7,10-12H2,1H3,(H,18,19). The summed E-state index contributed by atoms with van der Waals surface area (Å²) in [5.74, 6) is 0.763. The number of carbonyl (C=O) groups excluding carboxylic acids is 1. The molecule has 0 saturated carbocycles.